The normalized spacial score (nSPS) is 10.4. The molecule has 2 rings (SSSR count). The number of carbonyl (C=O) groups excluding carboxylic acids is 1. The topological polar surface area (TPSA) is 29.5 Å². The van der Waals surface area contributed by atoms with E-state index in [1.165, 1.54) is 13.2 Å². The van der Waals surface area contributed by atoms with Gasteiger partial charge in [0.05, 0.1) is 7.11 Å². The molecule has 0 radical (unpaired) electrons. The minimum absolute atomic E-state index is 0.0128. The Hall–Kier alpha value is -2.07. The van der Waals surface area contributed by atoms with Crippen molar-refractivity contribution in [1.82, 2.24) is 4.90 Å². The highest BCUT2D eigenvalue weighted by Crippen LogP contribution is 2.19. The van der Waals surface area contributed by atoms with Crippen molar-refractivity contribution in [3.63, 3.8) is 0 Å². The van der Waals surface area contributed by atoms with Crippen molar-refractivity contribution in [2.45, 2.75) is 19.4 Å². The third kappa shape index (κ3) is 4.70. The number of carbonyl (C=O) groups is 1. The maximum atomic E-state index is 13.7. The fourth-order valence-electron chi connectivity index (χ4n) is 2.30. The fraction of sp³-hybridized carbons (Fsp3) is 0.278. The summed E-state index contributed by atoms with van der Waals surface area (Å²) in [6.45, 7) is 0.349. The smallest absolute Gasteiger partial charge is 0.222 e. The molecule has 0 aliphatic carbocycles. The quantitative estimate of drug-likeness (QED) is 0.796. The molecule has 0 saturated heterocycles. The lowest BCUT2D eigenvalue weighted by molar-refractivity contribution is -0.130. The maximum Gasteiger partial charge on any atom is 0.222 e. The third-order valence-corrected chi connectivity index (χ3v) is 4.00. The summed E-state index contributed by atoms with van der Waals surface area (Å²) in [5, 5.41) is 0.667. The van der Waals surface area contributed by atoms with Gasteiger partial charge in [0.1, 0.15) is 0 Å². The third-order valence-electron chi connectivity index (χ3n) is 3.63. The van der Waals surface area contributed by atoms with Crippen LogP contribution in [0.15, 0.2) is 42.5 Å². The van der Waals surface area contributed by atoms with Crippen LogP contribution in [-0.4, -0.2) is 25.0 Å². The van der Waals surface area contributed by atoms with Gasteiger partial charge in [-0.15, -0.1) is 0 Å². The second kappa shape index (κ2) is 7.97. The maximum absolute atomic E-state index is 13.7. The largest absolute Gasteiger partial charge is 0.494 e. The van der Waals surface area contributed by atoms with Gasteiger partial charge in [0.25, 0.3) is 0 Å². The molecule has 0 heterocycles. The lowest BCUT2D eigenvalue weighted by Crippen LogP contribution is -2.26. The predicted molar refractivity (Wildman–Crippen MR) is 89.2 cm³/mol. The van der Waals surface area contributed by atoms with Gasteiger partial charge in [-0.1, -0.05) is 35.9 Å². The number of amides is 1. The van der Waals surface area contributed by atoms with Crippen LogP contribution in [0.2, 0.25) is 5.02 Å². The molecule has 122 valence electrons. The highest BCUT2D eigenvalue weighted by molar-refractivity contribution is 6.31. The van der Waals surface area contributed by atoms with Crippen molar-refractivity contribution < 1.29 is 13.9 Å². The zero-order chi connectivity index (χ0) is 16.8. The summed E-state index contributed by atoms with van der Waals surface area (Å²) in [5.74, 6) is -0.246. The van der Waals surface area contributed by atoms with Gasteiger partial charge < -0.3 is 9.64 Å². The van der Waals surface area contributed by atoms with Gasteiger partial charge in [-0.3, -0.25) is 4.79 Å². The summed E-state index contributed by atoms with van der Waals surface area (Å²) in [6.07, 6.45) is 0.943. The summed E-state index contributed by atoms with van der Waals surface area (Å²) < 4.78 is 18.6. The number of methoxy groups -OCH3 is 1. The standard InChI is InChI=1S/C18H19ClFNO2/c1-21(12-13-7-9-17(23-2)16(20)11-13)18(22)10-8-14-5-3-4-6-15(14)19/h3-7,9,11H,8,10,12H2,1-2H3. The highest BCUT2D eigenvalue weighted by Gasteiger charge is 2.12. The first-order valence-corrected chi connectivity index (χ1v) is 7.69. The van der Waals surface area contributed by atoms with E-state index in [-0.39, 0.29) is 11.7 Å². The Balaban J connectivity index is 1.92. The van der Waals surface area contributed by atoms with Gasteiger partial charge in [-0.05, 0) is 35.7 Å². The monoisotopic (exact) mass is 335 g/mol. The summed E-state index contributed by atoms with van der Waals surface area (Å²) in [6, 6.07) is 12.2. The molecule has 1 amide bonds. The van der Waals surface area contributed by atoms with Crippen molar-refractivity contribution >= 4 is 17.5 Å². The van der Waals surface area contributed by atoms with Crippen LogP contribution < -0.4 is 4.74 Å². The van der Waals surface area contributed by atoms with Gasteiger partial charge >= 0.3 is 0 Å². The van der Waals surface area contributed by atoms with Crippen LogP contribution in [0.5, 0.6) is 5.75 Å². The first kappa shape index (κ1) is 17.3. The molecule has 5 heteroatoms. The summed E-state index contributed by atoms with van der Waals surface area (Å²) in [7, 11) is 3.12. The fourth-order valence-corrected chi connectivity index (χ4v) is 2.53. The molecular formula is C18H19ClFNO2. The van der Waals surface area contributed by atoms with Crippen LogP contribution in [0, 0.1) is 5.82 Å². The number of ether oxygens (including phenoxy) is 1. The van der Waals surface area contributed by atoms with E-state index in [2.05, 4.69) is 0 Å². The predicted octanol–water partition coefficient (Wildman–Crippen LogP) is 4.08. The molecule has 0 bridgehead atoms. The molecule has 0 aliphatic rings. The van der Waals surface area contributed by atoms with Crippen LogP contribution in [0.4, 0.5) is 4.39 Å². The second-order valence-corrected chi connectivity index (χ2v) is 5.72. The van der Waals surface area contributed by atoms with Crippen LogP contribution in [0.1, 0.15) is 17.5 Å². The van der Waals surface area contributed by atoms with Gasteiger partial charge in [0.15, 0.2) is 11.6 Å². The van der Waals surface area contributed by atoms with Crippen molar-refractivity contribution in [2.75, 3.05) is 14.2 Å². The number of halogens is 2. The minimum atomic E-state index is -0.429. The van der Waals surface area contributed by atoms with Crippen molar-refractivity contribution in [3.8, 4) is 5.75 Å². The molecule has 0 spiro atoms. The van der Waals surface area contributed by atoms with Crippen molar-refractivity contribution in [2.24, 2.45) is 0 Å². The molecule has 23 heavy (non-hydrogen) atoms. The van der Waals surface area contributed by atoms with E-state index in [1.54, 1.807) is 24.1 Å². The molecule has 2 aromatic carbocycles. The minimum Gasteiger partial charge on any atom is -0.494 e. The van der Waals surface area contributed by atoms with Crippen LogP contribution in [0.3, 0.4) is 0 Å². The van der Waals surface area contributed by atoms with Crippen LogP contribution in [0.25, 0.3) is 0 Å². The number of aryl methyl sites for hydroxylation is 1. The summed E-state index contributed by atoms with van der Waals surface area (Å²) in [5.41, 5.74) is 1.67. The van der Waals surface area contributed by atoms with E-state index in [9.17, 15) is 9.18 Å². The van der Waals surface area contributed by atoms with Gasteiger partial charge in [-0.25, -0.2) is 4.39 Å². The Bertz CT molecular complexity index is 690. The first-order chi connectivity index (χ1) is 11.0. The Labute approximate surface area is 140 Å². The number of nitrogens with zero attached hydrogens (tertiary/aromatic N) is 1. The lowest BCUT2D eigenvalue weighted by atomic mass is 10.1. The molecule has 0 atom stereocenters. The van der Waals surface area contributed by atoms with E-state index in [4.69, 9.17) is 16.3 Å². The van der Waals surface area contributed by atoms with Gasteiger partial charge in [0.2, 0.25) is 5.91 Å². The SMILES string of the molecule is COc1ccc(CN(C)C(=O)CCc2ccccc2Cl)cc1F. The molecule has 0 N–H and O–H groups in total. The van der Waals surface area contributed by atoms with E-state index in [0.29, 0.717) is 24.4 Å². The zero-order valence-corrected chi connectivity index (χ0v) is 13.9. The molecule has 3 nitrogen and oxygen atoms in total. The Morgan fingerprint density at radius 2 is 2.00 bits per heavy atom. The number of hydrogen-bond donors (Lipinski definition) is 0. The second-order valence-electron chi connectivity index (χ2n) is 5.31. The Morgan fingerprint density at radius 1 is 1.26 bits per heavy atom. The van der Waals surface area contributed by atoms with Crippen LogP contribution in [-0.2, 0) is 17.8 Å². The first-order valence-electron chi connectivity index (χ1n) is 7.31. The Kier molecular flexibility index (Phi) is 5.99. The van der Waals surface area contributed by atoms with E-state index in [0.717, 1.165) is 11.1 Å². The van der Waals surface area contributed by atoms with E-state index in [1.807, 2.05) is 24.3 Å². The average Bonchev–Trinajstić information content (AvgIpc) is 2.54. The molecule has 0 saturated carbocycles. The van der Waals surface area contributed by atoms with Crippen LogP contribution >= 0.6 is 11.6 Å². The molecule has 2 aromatic rings. The molecule has 0 fully saturated rings. The molecular weight excluding hydrogens is 317 g/mol. The Morgan fingerprint density at radius 3 is 2.65 bits per heavy atom. The van der Waals surface area contributed by atoms with Gasteiger partial charge in [-0.2, -0.15) is 0 Å². The molecule has 0 unspecified atom stereocenters. The summed E-state index contributed by atoms with van der Waals surface area (Å²) in [4.78, 5) is 13.8. The average molecular weight is 336 g/mol. The molecule has 0 aliphatic heterocycles. The lowest BCUT2D eigenvalue weighted by Gasteiger charge is -2.18. The van der Waals surface area contributed by atoms with Crippen molar-refractivity contribution in [3.05, 3.63) is 64.4 Å². The number of hydrogen-bond acceptors (Lipinski definition) is 2. The summed E-state index contributed by atoms with van der Waals surface area (Å²) >= 11 is 6.08. The zero-order valence-electron chi connectivity index (χ0n) is 13.2. The molecule has 0 aromatic heterocycles. The van der Waals surface area contributed by atoms with E-state index < -0.39 is 5.82 Å². The van der Waals surface area contributed by atoms with Gasteiger partial charge in [0, 0.05) is 25.0 Å². The van der Waals surface area contributed by atoms with E-state index >= 15 is 0 Å². The van der Waals surface area contributed by atoms with Crippen molar-refractivity contribution in [1.29, 1.82) is 0 Å². The number of rotatable bonds is 6. The number of benzene rings is 2. The highest BCUT2D eigenvalue weighted by atomic mass is 35.5.